The Kier molecular flexibility index (Phi) is 6.21. The molecule has 0 aliphatic carbocycles. The molecule has 0 amide bonds. The van der Waals surface area contributed by atoms with Crippen molar-refractivity contribution in [1.29, 1.82) is 0 Å². The summed E-state index contributed by atoms with van der Waals surface area (Å²) in [6.45, 7) is 0.326. The van der Waals surface area contributed by atoms with Gasteiger partial charge in [-0.25, -0.2) is 8.78 Å². The lowest BCUT2D eigenvalue weighted by atomic mass is 10.1. The van der Waals surface area contributed by atoms with Gasteiger partial charge in [-0.05, 0) is 54.2 Å². The van der Waals surface area contributed by atoms with E-state index in [1.165, 1.54) is 6.07 Å². The third kappa shape index (κ3) is 4.71. The van der Waals surface area contributed by atoms with E-state index < -0.39 is 11.6 Å². The number of nitrogens with one attached hydrogen (secondary N) is 2. The maximum atomic E-state index is 13.6. The first-order valence-corrected chi connectivity index (χ1v) is 9.00. The molecule has 1 aromatic heterocycles. The van der Waals surface area contributed by atoms with Crippen LogP contribution in [0.4, 0.5) is 14.5 Å². The molecule has 0 fully saturated rings. The van der Waals surface area contributed by atoms with Crippen molar-refractivity contribution in [2.24, 2.45) is 0 Å². The standard InChI is InChI=1S/C19H13Cl2F2N3S/c20-13-4-1-5-16(17(13)21)26-19(27)25-10-12-3-2-8-24-18(12)11-6-7-14(22)15(23)9-11/h1-9H,10H2,(H2,25,26,27). The van der Waals surface area contributed by atoms with E-state index in [2.05, 4.69) is 15.6 Å². The quantitative estimate of drug-likeness (QED) is 0.518. The first-order valence-electron chi connectivity index (χ1n) is 7.84. The number of pyridine rings is 1. The van der Waals surface area contributed by atoms with E-state index in [1.54, 1.807) is 30.5 Å². The average Bonchev–Trinajstić information content (AvgIpc) is 2.66. The van der Waals surface area contributed by atoms with Crippen LogP contribution in [-0.2, 0) is 6.54 Å². The van der Waals surface area contributed by atoms with Crippen molar-refractivity contribution < 1.29 is 8.78 Å². The minimum absolute atomic E-state index is 0.326. The van der Waals surface area contributed by atoms with Gasteiger partial charge in [-0.2, -0.15) is 0 Å². The molecule has 0 atom stereocenters. The molecule has 0 unspecified atom stereocenters. The van der Waals surface area contributed by atoms with Gasteiger partial charge < -0.3 is 10.6 Å². The maximum absolute atomic E-state index is 13.6. The number of benzene rings is 2. The van der Waals surface area contributed by atoms with Crippen molar-refractivity contribution in [3.8, 4) is 11.3 Å². The Bertz CT molecular complexity index is 998. The van der Waals surface area contributed by atoms with Gasteiger partial charge in [-0.15, -0.1) is 0 Å². The second kappa shape index (κ2) is 8.61. The molecule has 3 nitrogen and oxygen atoms in total. The Morgan fingerprint density at radius 2 is 1.85 bits per heavy atom. The highest BCUT2D eigenvalue weighted by Crippen LogP contribution is 2.29. The number of nitrogens with zero attached hydrogens (tertiary/aromatic N) is 1. The van der Waals surface area contributed by atoms with Crippen molar-refractivity contribution in [2.45, 2.75) is 6.54 Å². The zero-order valence-corrected chi connectivity index (χ0v) is 16.1. The Morgan fingerprint density at radius 3 is 2.63 bits per heavy atom. The molecule has 0 bridgehead atoms. The predicted molar refractivity (Wildman–Crippen MR) is 109 cm³/mol. The summed E-state index contributed by atoms with van der Waals surface area (Å²) in [5.74, 6) is -1.83. The second-order valence-electron chi connectivity index (χ2n) is 5.55. The zero-order chi connectivity index (χ0) is 19.4. The van der Waals surface area contributed by atoms with Crippen LogP contribution in [0.1, 0.15) is 5.56 Å². The highest BCUT2D eigenvalue weighted by molar-refractivity contribution is 7.80. The predicted octanol–water partition coefficient (Wildman–Crippen LogP) is 5.82. The third-order valence-corrected chi connectivity index (χ3v) is 4.79. The summed E-state index contributed by atoms with van der Waals surface area (Å²) in [6, 6.07) is 12.4. The van der Waals surface area contributed by atoms with Gasteiger partial charge in [0.15, 0.2) is 16.7 Å². The van der Waals surface area contributed by atoms with Crippen molar-refractivity contribution in [3.05, 3.63) is 82.0 Å². The highest BCUT2D eigenvalue weighted by Gasteiger charge is 2.11. The molecule has 2 N–H and O–H groups in total. The van der Waals surface area contributed by atoms with Gasteiger partial charge in [0.25, 0.3) is 0 Å². The van der Waals surface area contributed by atoms with E-state index in [0.717, 1.165) is 17.7 Å². The molecule has 27 heavy (non-hydrogen) atoms. The fourth-order valence-corrected chi connectivity index (χ4v) is 2.96. The molecule has 2 aromatic carbocycles. The van der Waals surface area contributed by atoms with Crippen LogP contribution in [0.25, 0.3) is 11.3 Å². The molecule has 0 aliphatic rings. The molecule has 0 aliphatic heterocycles. The Balaban J connectivity index is 1.74. The van der Waals surface area contributed by atoms with Crippen LogP contribution < -0.4 is 10.6 Å². The molecular formula is C19H13Cl2F2N3S. The van der Waals surface area contributed by atoms with Gasteiger partial charge in [0.2, 0.25) is 0 Å². The number of anilines is 1. The smallest absolute Gasteiger partial charge is 0.171 e. The van der Waals surface area contributed by atoms with Gasteiger partial charge in [0.1, 0.15) is 0 Å². The number of thiocarbonyl (C=S) groups is 1. The van der Waals surface area contributed by atoms with Crippen molar-refractivity contribution in [3.63, 3.8) is 0 Å². The summed E-state index contributed by atoms with van der Waals surface area (Å²) in [7, 11) is 0. The largest absolute Gasteiger partial charge is 0.358 e. The Morgan fingerprint density at radius 1 is 1.04 bits per heavy atom. The van der Waals surface area contributed by atoms with E-state index in [9.17, 15) is 8.78 Å². The van der Waals surface area contributed by atoms with Crippen LogP contribution in [0, 0.1) is 11.6 Å². The molecule has 8 heteroatoms. The maximum Gasteiger partial charge on any atom is 0.171 e. The van der Waals surface area contributed by atoms with E-state index >= 15 is 0 Å². The molecule has 0 saturated heterocycles. The highest BCUT2D eigenvalue weighted by atomic mass is 35.5. The molecule has 0 spiro atoms. The SMILES string of the molecule is Fc1ccc(-c2ncccc2CNC(=S)Nc2cccc(Cl)c2Cl)cc1F. The van der Waals surface area contributed by atoms with Crippen molar-refractivity contribution in [1.82, 2.24) is 10.3 Å². The molecule has 138 valence electrons. The van der Waals surface area contributed by atoms with Crippen LogP contribution in [0.5, 0.6) is 0 Å². The van der Waals surface area contributed by atoms with Gasteiger partial charge in [-0.3, -0.25) is 4.98 Å². The van der Waals surface area contributed by atoms with Crippen LogP contribution in [-0.4, -0.2) is 10.1 Å². The van der Waals surface area contributed by atoms with Gasteiger partial charge in [0, 0.05) is 18.3 Å². The number of aromatic nitrogens is 1. The molecule has 0 saturated carbocycles. The first kappa shape index (κ1) is 19.5. The minimum atomic E-state index is -0.926. The normalized spacial score (nSPS) is 10.5. The number of rotatable bonds is 4. The van der Waals surface area contributed by atoms with Crippen molar-refractivity contribution >= 4 is 46.2 Å². The third-order valence-electron chi connectivity index (χ3n) is 3.72. The lowest BCUT2D eigenvalue weighted by Crippen LogP contribution is -2.28. The average molecular weight is 424 g/mol. The molecule has 0 radical (unpaired) electrons. The molecule has 3 rings (SSSR count). The van der Waals surface area contributed by atoms with Crippen LogP contribution in [0.15, 0.2) is 54.7 Å². The summed E-state index contributed by atoms with van der Waals surface area (Å²) < 4.78 is 26.7. The molecule has 1 heterocycles. The number of hydrogen-bond acceptors (Lipinski definition) is 2. The fourth-order valence-electron chi connectivity index (χ4n) is 2.43. The topological polar surface area (TPSA) is 37.0 Å². The van der Waals surface area contributed by atoms with E-state index in [0.29, 0.717) is 38.6 Å². The second-order valence-corrected chi connectivity index (χ2v) is 6.74. The van der Waals surface area contributed by atoms with E-state index in [1.807, 2.05) is 6.07 Å². The minimum Gasteiger partial charge on any atom is -0.358 e. The summed E-state index contributed by atoms with van der Waals surface area (Å²) in [6.07, 6.45) is 1.59. The van der Waals surface area contributed by atoms with E-state index in [-0.39, 0.29) is 0 Å². The first-order chi connectivity index (χ1) is 13.0. The fraction of sp³-hybridized carbons (Fsp3) is 0.0526. The Labute approximate surface area is 170 Å². The number of hydrogen-bond donors (Lipinski definition) is 2. The number of halogens is 4. The van der Waals surface area contributed by atoms with Gasteiger partial charge >= 0.3 is 0 Å². The van der Waals surface area contributed by atoms with Gasteiger partial charge in [0.05, 0.1) is 21.4 Å². The molecule has 3 aromatic rings. The van der Waals surface area contributed by atoms with Crippen molar-refractivity contribution in [2.75, 3.05) is 5.32 Å². The monoisotopic (exact) mass is 423 g/mol. The van der Waals surface area contributed by atoms with Crippen LogP contribution in [0.2, 0.25) is 10.0 Å². The Hall–Kier alpha value is -2.28. The molecular weight excluding hydrogens is 411 g/mol. The van der Waals surface area contributed by atoms with Crippen LogP contribution >= 0.6 is 35.4 Å². The van der Waals surface area contributed by atoms with Crippen LogP contribution in [0.3, 0.4) is 0 Å². The van der Waals surface area contributed by atoms with E-state index in [4.69, 9.17) is 35.4 Å². The summed E-state index contributed by atoms with van der Waals surface area (Å²) in [4.78, 5) is 4.28. The van der Waals surface area contributed by atoms with Gasteiger partial charge in [-0.1, -0.05) is 35.3 Å². The zero-order valence-electron chi connectivity index (χ0n) is 13.8. The summed E-state index contributed by atoms with van der Waals surface area (Å²) in [5.41, 5.74) is 2.36. The summed E-state index contributed by atoms with van der Waals surface area (Å²) in [5, 5.41) is 7.13. The lowest BCUT2D eigenvalue weighted by molar-refractivity contribution is 0.509. The lowest BCUT2D eigenvalue weighted by Gasteiger charge is -2.14. The summed E-state index contributed by atoms with van der Waals surface area (Å²) >= 11 is 17.4.